The predicted molar refractivity (Wildman–Crippen MR) is 135 cm³/mol. The first-order chi connectivity index (χ1) is 17.1. The number of benzene rings is 2. The molecule has 176 valence electrons. The molecule has 10 heteroatoms. The summed E-state index contributed by atoms with van der Waals surface area (Å²) in [7, 11) is 0. The fourth-order valence-electron chi connectivity index (χ4n) is 3.87. The highest BCUT2D eigenvalue weighted by molar-refractivity contribution is 7.13. The number of nitrogens with zero attached hydrogens (tertiary/aromatic N) is 4. The number of rotatable bonds is 6. The van der Waals surface area contributed by atoms with Crippen LogP contribution in [-0.2, 0) is 4.74 Å². The minimum atomic E-state index is -0.454. The van der Waals surface area contributed by atoms with E-state index in [1.54, 1.807) is 30.6 Å². The van der Waals surface area contributed by atoms with Crippen LogP contribution >= 0.6 is 11.3 Å². The van der Waals surface area contributed by atoms with Crippen LogP contribution in [0.25, 0.3) is 21.8 Å². The molecule has 0 radical (unpaired) electrons. The number of aromatic nitrogens is 2. The monoisotopic (exact) mass is 487 g/mol. The lowest BCUT2D eigenvalue weighted by Crippen LogP contribution is -2.36. The Hall–Kier alpha value is -4.15. The third-order valence-corrected chi connectivity index (χ3v) is 6.51. The second kappa shape index (κ2) is 10.00. The van der Waals surface area contributed by atoms with Crippen molar-refractivity contribution in [2.75, 3.05) is 36.5 Å². The summed E-state index contributed by atoms with van der Waals surface area (Å²) < 4.78 is 5.33. The van der Waals surface area contributed by atoms with Crippen molar-refractivity contribution >= 4 is 34.3 Å². The van der Waals surface area contributed by atoms with Crippen LogP contribution in [0.1, 0.15) is 10.4 Å². The van der Waals surface area contributed by atoms with Crippen molar-refractivity contribution < 1.29 is 14.5 Å². The zero-order valence-corrected chi connectivity index (χ0v) is 19.4. The first-order valence-electron chi connectivity index (χ1n) is 11.0. The van der Waals surface area contributed by atoms with E-state index in [9.17, 15) is 14.9 Å². The van der Waals surface area contributed by atoms with E-state index in [0.717, 1.165) is 21.8 Å². The number of carbonyl (C=O) groups is 1. The van der Waals surface area contributed by atoms with Crippen molar-refractivity contribution in [2.24, 2.45) is 0 Å². The van der Waals surface area contributed by atoms with Gasteiger partial charge in [0, 0.05) is 59.3 Å². The number of hydrogen-bond donors (Lipinski definition) is 1. The zero-order valence-electron chi connectivity index (χ0n) is 18.6. The van der Waals surface area contributed by atoms with E-state index in [4.69, 9.17) is 9.72 Å². The van der Waals surface area contributed by atoms with Gasteiger partial charge in [-0.2, -0.15) is 0 Å². The van der Waals surface area contributed by atoms with Gasteiger partial charge in [0.2, 0.25) is 0 Å². The highest BCUT2D eigenvalue weighted by atomic mass is 32.1. The lowest BCUT2D eigenvalue weighted by atomic mass is 10.1. The number of nitro benzene ring substituents is 1. The number of thiazole rings is 1. The van der Waals surface area contributed by atoms with E-state index in [1.807, 2.05) is 40.6 Å². The van der Waals surface area contributed by atoms with Crippen molar-refractivity contribution in [3.8, 4) is 21.8 Å². The molecule has 35 heavy (non-hydrogen) atoms. The highest BCUT2D eigenvalue weighted by Crippen LogP contribution is 2.31. The Bertz CT molecular complexity index is 1370. The molecule has 4 aromatic rings. The quantitative estimate of drug-likeness (QED) is 0.305. The van der Waals surface area contributed by atoms with Crippen molar-refractivity contribution in [3.63, 3.8) is 0 Å². The summed E-state index contributed by atoms with van der Waals surface area (Å²) in [5, 5.41) is 17.4. The molecule has 1 aliphatic heterocycles. The van der Waals surface area contributed by atoms with Gasteiger partial charge in [0.25, 0.3) is 11.6 Å². The Balaban J connectivity index is 1.35. The van der Waals surface area contributed by atoms with Gasteiger partial charge >= 0.3 is 0 Å². The van der Waals surface area contributed by atoms with Crippen LogP contribution in [-0.4, -0.2) is 47.1 Å². The minimum Gasteiger partial charge on any atom is -0.378 e. The summed E-state index contributed by atoms with van der Waals surface area (Å²) in [4.78, 5) is 34.9. The predicted octanol–water partition coefficient (Wildman–Crippen LogP) is 4.87. The van der Waals surface area contributed by atoms with Crippen molar-refractivity contribution in [1.29, 1.82) is 0 Å². The van der Waals surface area contributed by atoms with Gasteiger partial charge < -0.3 is 15.0 Å². The van der Waals surface area contributed by atoms with Crippen LogP contribution in [0.5, 0.6) is 0 Å². The number of nitrogens with one attached hydrogen (secondary N) is 1. The van der Waals surface area contributed by atoms with E-state index >= 15 is 0 Å². The van der Waals surface area contributed by atoms with E-state index in [2.05, 4.69) is 10.3 Å². The first-order valence-corrected chi connectivity index (χ1v) is 11.9. The zero-order chi connectivity index (χ0) is 24.2. The average molecular weight is 488 g/mol. The largest absolute Gasteiger partial charge is 0.378 e. The maximum atomic E-state index is 12.9. The van der Waals surface area contributed by atoms with Gasteiger partial charge in [-0.3, -0.25) is 19.9 Å². The third kappa shape index (κ3) is 5.03. The second-order valence-corrected chi connectivity index (χ2v) is 8.73. The lowest BCUT2D eigenvalue weighted by Gasteiger charge is -2.28. The van der Waals surface area contributed by atoms with Crippen LogP contribution in [0.15, 0.2) is 72.4 Å². The van der Waals surface area contributed by atoms with Gasteiger partial charge in [-0.1, -0.05) is 12.1 Å². The molecule has 1 aliphatic rings. The molecule has 0 bridgehead atoms. The second-order valence-electron chi connectivity index (χ2n) is 7.87. The maximum absolute atomic E-state index is 12.9. The van der Waals surface area contributed by atoms with Crippen LogP contribution in [0, 0.1) is 10.1 Å². The molecule has 5 rings (SSSR count). The van der Waals surface area contributed by atoms with E-state index in [0.29, 0.717) is 37.7 Å². The Morgan fingerprint density at radius 2 is 1.91 bits per heavy atom. The van der Waals surface area contributed by atoms with Crippen molar-refractivity contribution in [3.05, 3.63) is 88.0 Å². The summed E-state index contributed by atoms with van der Waals surface area (Å²) in [6.45, 7) is 2.16. The number of morpholine rings is 1. The molecule has 1 N–H and O–H groups in total. The van der Waals surface area contributed by atoms with Gasteiger partial charge in [-0.15, -0.1) is 11.3 Å². The summed E-state index contributed by atoms with van der Waals surface area (Å²) in [6, 6.07) is 15.7. The van der Waals surface area contributed by atoms with Crippen molar-refractivity contribution in [1.82, 2.24) is 9.97 Å². The van der Waals surface area contributed by atoms with Gasteiger partial charge in [0.1, 0.15) is 10.7 Å². The van der Waals surface area contributed by atoms with Crippen LogP contribution in [0.3, 0.4) is 0 Å². The molecule has 0 unspecified atom stereocenters. The summed E-state index contributed by atoms with van der Waals surface area (Å²) in [5.74, 6) is -0.423. The Kier molecular flexibility index (Phi) is 6.47. The molecule has 1 amide bonds. The van der Waals surface area contributed by atoms with Crippen molar-refractivity contribution in [2.45, 2.75) is 0 Å². The molecule has 2 aromatic carbocycles. The summed E-state index contributed by atoms with van der Waals surface area (Å²) in [5.41, 5.74) is 3.76. The molecular weight excluding hydrogens is 466 g/mol. The fourth-order valence-corrected chi connectivity index (χ4v) is 4.69. The number of carbonyl (C=O) groups excluding carboxylic acids is 1. The van der Waals surface area contributed by atoms with E-state index in [1.165, 1.54) is 17.4 Å². The number of anilines is 2. The summed E-state index contributed by atoms with van der Waals surface area (Å²) >= 11 is 1.52. The number of pyridine rings is 1. The van der Waals surface area contributed by atoms with Gasteiger partial charge in [0.15, 0.2) is 0 Å². The molecule has 2 aromatic heterocycles. The van der Waals surface area contributed by atoms with E-state index in [-0.39, 0.29) is 11.3 Å². The normalized spacial score (nSPS) is 13.4. The van der Waals surface area contributed by atoms with Gasteiger partial charge in [-0.25, -0.2) is 4.98 Å². The average Bonchev–Trinajstić information content (AvgIpc) is 3.40. The number of ether oxygens (including phenoxy) is 1. The minimum absolute atomic E-state index is 0.0984. The SMILES string of the molecule is O=C(Nc1cccc(-c2csc(-c3cccnc3)n2)c1)c1ccc(N2CCOCC2)c([N+](=O)[O-])c1. The first kappa shape index (κ1) is 22.6. The number of hydrogen-bond acceptors (Lipinski definition) is 8. The molecule has 0 spiro atoms. The molecule has 0 aliphatic carbocycles. The smallest absolute Gasteiger partial charge is 0.293 e. The molecule has 3 heterocycles. The molecule has 0 saturated carbocycles. The maximum Gasteiger partial charge on any atom is 0.293 e. The molecule has 0 atom stereocenters. The number of nitro groups is 1. The molecule has 9 nitrogen and oxygen atoms in total. The van der Waals surface area contributed by atoms with Crippen LogP contribution in [0.4, 0.5) is 17.1 Å². The Morgan fingerprint density at radius 1 is 1.09 bits per heavy atom. The van der Waals surface area contributed by atoms with Crippen LogP contribution < -0.4 is 10.2 Å². The standard InChI is InChI=1S/C25H21N5O4S/c31-24(18-6-7-22(23(14-18)30(32)33)29-9-11-34-12-10-29)27-20-5-1-3-17(13-20)21-16-35-25(28-21)19-4-2-8-26-15-19/h1-8,13-16H,9-12H2,(H,27,31). The van der Waals surface area contributed by atoms with Gasteiger partial charge in [-0.05, 0) is 36.4 Å². The third-order valence-electron chi connectivity index (χ3n) is 5.61. The van der Waals surface area contributed by atoms with Crippen LogP contribution in [0.2, 0.25) is 0 Å². The lowest BCUT2D eigenvalue weighted by molar-refractivity contribution is -0.384. The number of amides is 1. The van der Waals surface area contributed by atoms with Gasteiger partial charge in [0.05, 0.1) is 23.8 Å². The topological polar surface area (TPSA) is 110 Å². The fraction of sp³-hybridized carbons (Fsp3) is 0.160. The highest BCUT2D eigenvalue weighted by Gasteiger charge is 2.23. The Morgan fingerprint density at radius 3 is 2.69 bits per heavy atom. The molecule has 1 saturated heterocycles. The molecular formula is C25H21N5O4S. The summed E-state index contributed by atoms with van der Waals surface area (Å²) in [6.07, 6.45) is 3.48. The molecule has 1 fully saturated rings. The van der Waals surface area contributed by atoms with E-state index < -0.39 is 10.8 Å². The Labute approximate surface area is 205 Å².